The van der Waals surface area contributed by atoms with Crippen molar-refractivity contribution in [1.82, 2.24) is 25.4 Å². The minimum Gasteiger partial charge on any atom is -0.496 e. The lowest BCUT2D eigenvalue weighted by Crippen LogP contribution is -2.32. The number of anilines is 1. The standard InChI is InChI=1S/C34H40N6O5.3C2H6/c1-4-29-27(33(38-25-11-13-45-14-12-25)28-20-37-40(5-2)34(28)39-29)19-36-32(43)17-31(42)35-18-22-9-10-30(44-3)26(16-22)24-8-6-7-23(15-24)21-41;3*1-2/h6-10,15-16,20-21,25H,4-5,11-14,17-19H2,1-3H3,(H,35,42)(H,36,43)(H,38,39);3*1-2H3. The van der Waals surface area contributed by atoms with Crippen molar-refractivity contribution in [3.63, 3.8) is 0 Å². The van der Waals surface area contributed by atoms with Crippen LogP contribution in [0.25, 0.3) is 22.2 Å². The van der Waals surface area contributed by atoms with E-state index in [0.29, 0.717) is 37.5 Å². The van der Waals surface area contributed by atoms with Gasteiger partial charge in [0.1, 0.15) is 18.5 Å². The maximum absolute atomic E-state index is 12.9. The summed E-state index contributed by atoms with van der Waals surface area (Å²) in [6, 6.07) is 13.1. The minimum absolute atomic E-state index is 0.234. The van der Waals surface area contributed by atoms with E-state index < -0.39 is 0 Å². The smallest absolute Gasteiger partial charge is 0.229 e. The number of amides is 2. The van der Waals surface area contributed by atoms with Gasteiger partial charge in [-0.25, -0.2) is 9.67 Å². The van der Waals surface area contributed by atoms with Gasteiger partial charge in [0.15, 0.2) is 5.65 Å². The summed E-state index contributed by atoms with van der Waals surface area (Å²) in [4.78, 5) is 41.9. The molecule has 3 N–H and O–H groups in total. The summed E-state index contributed by atoms with van der Waals surface area (Å²) in [5, 5.41) is 14.9. The molecule has 0 saturated carbocycles. The van der Waals surface area contributed by atoms with Crippen LogP contribution in [0.15, 0.2) is 48.7 Å². The number of hydrogen-bond donors (Lipinski definition) is 3. The van der Waals surface area contributed by atoms with Gasteiger partial charge in [-0.3, -0.25) is 14.4 Å². The Kier molecular flexibility index (Phi) is 19.0. The average molecular weight is 703 g/mol. The fourth-order valence-electron chi connectivity index (χ4n) is 5.63. The van der Waals surface area contributed by atoms with Gasteiger partial charge in [0.2, 0.25) is 11.8 Å². The van der Waals surface area contributed by atoms with Crippen molar-refractivity contribution in [2.45, 2.75) is 107 Å². The Morgan fingerprint density at radius 1 is 0.961 bits per heavy atom. The number of carbonyl (C=O) groups is 3. The molecule has 1 aliphatic heterocycles. The summed E-state index contributed by atoms with van der Waals surface area (Å²) in [5.74, 6) is -0.113. The lowest BCUT2D eigenvalue weighted by Gasteiger charge is -2.26. The predicted molar refractivity (Wildman–Crippen MR) is 206 cm³/mol. The fourth-order valence-corrected chi connectivity index (χ4v) is 5.63. The van der Waals surface area contributed by atoms with E-state index in [4.69, 9.17) is 14.5 Å². The molecule has 1 aliphatic rings. The number of aldehydes is 1. The van der Waals surface area contributed by atoms with E-state index in [-0.39, 0.29) is 37.4 Å². The quantitative estimate of drug-likeness (QED) is 0.0963. The Morgan fingerprint density at radius 3 is 2.27 bits per heavy atom. The highest BCUT2D eigenvalue weighted by molar-refractivity contribution is 5.97. The van der Waals surface area contributed by atoms with Gasteiger partial charge < -0.3 is 25.4 Å². The van der Waals surface area contributed by atoms with Gasteiger partial charge in [-0.2, -0.15) is 5.10 Å². The van der Waals surface area contributed by atoms with E-state index in [2.05, 4.69) is 21.0 Å². The average Bonchev–Trinajstić information content (AvgIpc) is 3.62. The van der Waals surface area contributed by atoms with Crippen LogP contribution < -0.4 is 20.7 Å². The number of aryl methyl sites for hydroxylation is 2. The first-order chi connectivity index (χ1) is 24.9. The van der Waals surface area contributed by atoms with E-state index in [0.717, 1.165) is 63.8 Å². The number of aromatic nitrogens is 3. The molecule has 0 spiro atoms. The van der Waals surface area contributed by atoms with Gasteiger partial charge in [0, 0.05) is 61.3 Å². The maximum atomic E-state index is 12.9. The van der Waals surface area contributed by atoms with E-state index in [1.165, 1.54) is 0 Å². The topological polar surface area (TPSA) is 136 Å². The van der Waals surface area contributed by atoms with Crippen molar-refractivity contribution in [3.05, 3.63) is 71.0 Å². The zero-order valence-corrected chi connectivity index (χ0v) is 32.0. The van der Waals surface area contributed by atoms with Crippen LogP contribution in [0.2, 0.25) is 0 Å². The summed E-state index contributed by atoms with van der Waals surface area (Å²) in [7, 11) is 1.59. The number of methoxy groups -OCH3 is 1. The Labute approximate surface area is 303 Å². The van der Waals surface area contributed by atoms with Crippen LogP contribution in [-0.4, -0.2) is 59.2 Å². The monoisotopic (exact) mass is 702 g/mol. The highest BCUT2D eigenvalue weighted by Crippen LogP contribution is 2.32. The maximum Gasteiger partial charge on any atom is 0.229 e. The van der Waals surface area contributed by atoms with Crippen molar-refractivity contribution in [3.8, 4) is 16.9 Å². The number of nitrogens with one attached hydrogen (secondary N) is 3. The molecule has 3 heterocycles. The largest absolute Gasteiger partial charge is 0.496 e. The predicted octanol–water partition coefficient (Wildman–Crippen LogP) is 7.49. The Balaban J connectivity index is 0.00000143. The first kappa shape index (κ1) is 42.4. The number of benzene rings is 2. The fraction of sp³-hybridized carbons (Fsp3) is 0.475. The molecule has 51 heavy (non-hydrogen) atoms. The highest BCUT2D eigenvalue weighted by atomic mass is 16.5. The van der Waals surface area contributed by atoms with Crippen molar-refractivity contribution < 1.29 is 23.9 Å². The second kappa shape index (κ2) is 22.8. The van der Waals surface area contributed by atoms with Crippen LogP contribution in [0.5, 0.6) is 5.75 Å². The van der Waals surface area contributed by atoms with Gasteiger partial charge >= 0.3 is 0 Å². The molecular formula is C40H58N6O5. The molecule has 2 amide bonds. The zero-order valence-electron chi connectivity index (χ0n) is 32.0. The Hall–Kier alpha value is -4.77. The zero-order chi connectivity index (χ0) is 37.8. The normalized spacial score (nSPS) is 12.2. The van der Waals surface area contributed by atoms with Crippen LogP contribution in [0, 0.1) is 0 Å². The third-order valence-electron chi connectivity index (χ3n) is 8.05. The molecule has 1 saturated heterocycles. The van der Waals surface area contributed by atoms with E-state index in [1.54, 1.807) is 19.2 Å². The number of nitrogens with zero attached hydrogens (tertiary/aromatic N) is 3. The SMILES string of the molecule is CC.CC.CC.CCc1nc2c(cnn2CC)c(NC2CCOCC2)c1CNC(=O)CC(=O)NCc1ccc(OC)c(-c2cccc(C=O)c2)c1. The minimum atomic E-state index is -0.387. The molecule has 5 rings (SSSR count). The molecule has 0 atom stereocenters. The Morgan fingerprint density at radius 2 is 1.65 bits per heavy atom. The molecule has 278 valence electrons. The molecule has 11 heteroatoms. The molecule has 2 aromatic heterocycles. The molecule has 1 fully saturated rings. The van der Waals surface area contributed by atoms with Crippen molar-refractivity contribution in [2.75, 3.05) is 25.6 Å². The number of ether oxygens (including phenoxy) is 2. The molecule has 0 bridgehead atoms. The number of carbonyl (C=O) groups excluding carboxylic acids is 3. The summed E-state index contributed by atoms with van der Waals surface area (Å²) < 4.78 is 12.9. The summed E-state index contributed by atoms with van der Waals surface area (Å²) in [6.07, 6.45) is 4.78. The molecule has 0 unspecified atom stereocenters. The van der Waals surface area contributed by atoms with Crippen molar-refractivity contribution in [1.29, 1.82) is 0 Å². The summed E-state index contributed by atoms with van der Waals surface area (Å²) >= 11 is 0. The molecule has 4 aromatic rings. The lowest BCUT2D eigenvalue weighted by molar-refractivity contribution is -0.129. The summed E-state index contributed by atoms with van der Waals surface area (Å²) in [6.45, 7) is 18.7. The summed E-state index contributed by atoms with van der Waals surface area (Å²) in [5.41, 5.74) is 6.56. The number of pyridine rings is 1. The van der Waals surface area contributed by atoms with Crippen molar-refractivity contribution in [2.24, 2.45) is 0 Å². The van der Waals surface area contributed by atoms with Gasteiger partial charge in [0.05, 0.1) is 24.4 Å². The number of rotatable bonds is 13. The molecule has 2 aromatic carbocycles. The van der Waals surface area contributed by atoms with Gasteiger partial charge in [-0.1, -0.05) is 72.7 Å². The van der Waals surface area contributed by atoms with Crippen LogP contribution >= 0.6 is 0 Å². The first-order valence-electron chi connectivity index (χ1n) is 18.4. The number of fused-ring (bicyclic) bond motifs is 1. The molecular weight excluding hydrogens is 644 g/mol. The second-order valence-corrected chi connectivity index (χ2v) is 11.0. The van der Waals surface area contributed by atoms with Crippen LogP contribution in [-0.2, 0) is 40.4 Å². The molecule has 11 nitrogen and oxygen atoms in total. The third-order valence-corrected chi connectivity index (χ3v) is 8.05. The van der Waals surface area contributed by atoms with Crippen molar-refractivity contribution >= 4 is 34.8 Å². The van der Waals surface area contributed by atoms with Crippen LogP contribution in [0.4, 0.5) is 5.69 Å². The van der Waals surface area contributed by atoms with E-state index in [1.807, 2.05) is 96.6 Å². The highest BCUT2D eigenvalue weighted by Gasteiger charge is 2.22. The van der Waals surface area contributed by atoms with Crippen LogP contribution in [0.1, 0.15) is 102 Å². The van der Waals surface area contributed by atoms with Gasteiger partial charge in [0.25, 0.3) is 0 Å². The number of hydrogen-bond acceptors (Lipinski definition) is 8. The lowest BCUT2D eigenvalue weighted by atomic mass is 10.00. The second-order valence-electron chi connectivity index (χ2n) is 11.0. The van der Waals surface area contributed by atoms with Gasteiger partial charge in [-0.15, -0.1) is 0 Å². The van der Waals surface area contributed by atoms with Crippen LogP contribution in [0.3, 0.4) is 0 Å². The first-order valence-corrected chi connectivity index (χ1v) is 18.4. The molecule has 0 aliphatic carbocycles. The van der Waals surface area contributed by atoms with Gasteiger partial charge in [-0.05, 0) is 55.5 Å². The Bertz CT molecular complexity index is 1680. The molecule has 0 radical (unpaired) electrons. The van der Waals surface area contributed by atoms with E-state index >= 15 is 0 Å². The van der Waals surface area contributed by atoms with E-state index in [9.17, 15) is 14.4 Å². The third kappa shape index (κ3) is 11.6.